The summed E-state index contributed by atoms with van der Waals surface area (Å²) in [5.41, 5.74) is 0.646. The van der Waals surface area contributed by atoms with E-state index in [0.717, 1.165) is 127 Å². The van der Waals surface area contributed by atoms with Crippen LogP contribution in [0.25, 0.3) is 0 Å². The normalized spacial score (nSPS) is 24.4. The Labute approximate surface area is 773 Å². The van der Waals surface area contributed by atoms with Crippen LogP contribution in [0.15, 0.2) is 315 Å². The number of piperidine rings is 3. The van der Waals surface area contributed by atoms with Crippen LogP contribution in [-0.2, 0) is 70.8 Å². The summed E-state index contributed by atoms with van der Waals surface area (Å²) in [6.07, 6.45) is 4.19. The van der Waals surface area contributed by atoms with E-state index < -0.39 is 50.6 Å². The minimum absolute atomic E-state index is 0.00317. The highest BCUT2D eigenvalue weighted by molar-refractivity contribution is 8.10. The number of benzene rings is 11. The molecule has 17 rings (SSSR count). The van der Waals surface area contributed by atoms with Gasteiger partial charge >= 0.3 is 37.1 Å². The number of piperazine rings is 3. The minimum atomic E-state index is -6.00. The van der Waals surface area contributed by atoms with Crippen molar-refractivity contribution in [3.63, 3.8) is 0 Å². The van der Waals surface area contributed by atoms with Gasteiger partial charge in [0.15, 0.2) is 0 Å². The maximum Gasteiger partial charge on any atom is 0.534 e. The number of ether oxygens (including phenoxy) is 1. The zero-order valence-corrected chi connectivity index (χ0v) is 78.0. The smallest absolute Gasteiger partial charge is 0.508 e. The van der Waals surface area contributed by atoms with Gasteiger partial charge in [-0.3, -0.25) is 34.2 Å². The van der Waals surface area contributed by atoms with E-state index >= 15 is 0 Å². The number of para-hydroxylation sites is 1. The van der Waals surface area contributed by atoms with Crippen LogP contribution in [0.2, 0.25) is 0 Å². The molecule has 11 aromatic carbocycles. The number of esters is 1. The van der Waals surface area contributed by atoms with Crippen molar-refractivity contribution in [1.29, 1.82) is 0 Å². The highest BCUT2D eigenvalue weighted by Gasteiger charge is 2.55. The molecule has 1 N–H and O–H groups in total. The summed E-state index contributed by atoms with van der Waals surface area (Å²) in [6.45, 7) is 25.5. The summed E-state index contributed by atoms with van der Waals surface area (Å²) in [7, 11) is -14.9. The highest BCUT2D eigenvalue weighted by Crippen LogP contribution is 2.50. The van der Waals surface area contributed by atoms with Crippen molar-refractivity contribution in [2.24, 2.45) is 17.8 Å². The van der Waals surface area contributed by atoms with Gasteiger partial charge in [-0.05, 0) is 152 Å². The lowest BCUT2D eigenvalue weighted by atomic mass is 9.65. The number of aldehydes is 1. The van der Waals surface area contributed by atoms with Crippen molar-refractivity contribution < 1.29 is 75.2 Å². The van der Waals surface area contributed by atoms with E-state index in [9.17, 15) is 66.3 Å². The Kier molecular flexibility index (Phi) is 31.8. The van der Waals surface area contributed by atoms with Crippen molar-refractivity contribution >= 4 is 48.1 Å². The predicted octanol–water partition coefficient (Wildman–Crippen LogP) is 20.3. The van der Waals surface area contributed by atoms with Gasteiger partial charge in [0, 0.05) is 120 Å². The first-order chi connectivity index (χ1) is 62.9. The average molecular weight is 1860 g/mol. The van der Waals surface area contributed by atoms with Gasteiger partial charge in [0.05, 0.1) is 24.6 Å². The molecule has 6 saturated heterocycles. The Morgan fingerprint density at radius 2 is 0.742 bits per heavy atom. The van der Waals surface area contributed by atoms with E-state index in [-0.39, 0.29) is 46.0 Å². The summed E-state index contributed by atoms with van der Waals surface area (Å²) in [6, 6.07) is 104. The molecule has 0 amide bonds. The Balaban J connectivity index is 0.000000149. The topological polar surface area (TPSA) is 198 Å². The number of anilines is 1. The number of phenols is 1. The number of rotatable bonds is 19. The monoisotopic (exact) mass is 1860 g/mol. The SMILES string of the molecule is COC(=O)c1cccc([C@]2(C)C[C@@H]3CN(Cc4ccccc4)[C@@H](c4ccccc4)CN3C[C@@H]2C)c1.CS(=O)(=O)N(c1ccccc1)S(=O)(=O)C(F)(F)F.C[C@H]1CN2C[C@H](c3ccccc3)N(Cc3ccccc3)C[C@H]2C[C@@]1(C)c1cccc(O)c1.C[C@H]1CN2C[C@H](c3ccccc3)N(Cc3ccccc3)C[C@H]2C[C@@]1(C)c1cccc(OS(=O)(=O)C(F)(F)F)c1.O=Cc1ccccc1. The molecule has 18 nitrogen and oxygen atoms in total. The molecule has 0 aliphatic carbocycles. The number of alkyl halides is 6. The number of nitrogens with zero attached hydrogens (tertiary/aromatic N) is 7. The molecule has 12 atom stereocenters. The third-order valence-corrected chi connectivity index (χ3v) is 32.0. The number of carbonyl (C=O) groups is 2. The van der Waals surface area contributed by atoms with Crippen LogP contribution in [0.5, 0.6) is 11.5 Å². The van der Waals surface area contributed by atoms with Gasteiger partial charge in [0.25, 0.3) is 0 Å². The summed E-state index contributed by atoms with van der Waals surface area (Å²) >= 11 is 0. The number of aromatic hydroxyl groups is 1. The number of methoxy groups -OCH3 is 1. The molecule has 11 aromatic rings. The zero-order valence-electron chi connectivity index (χ0n) is 75.6. The molecule has 27 heteroatoms. The summed E-state index contributed by atoms with van der Waals surface area (Å²) < 4.78 is 153. The van der Waals surface area contributed by atoms with Crippen molar-refractivity contribution in [1.82, 2.24) is 29.4 Å². The fourth-order valence-corrected chi connectivity index (χ4v) is 23.1. The fraction of sp³-hybridized carbons (Fsp3) is 0.352. The molecule has 698 valence electrons. The van der Waals surface area contributed by atoms with E-state index in [1.54, 1.807) is 24.3 Å². The number of hydrogen-bond acceptors (Lipinski definition) is 17. The lowest BCUT2D eigenvalue weighted by molar-refractivity contribution is -0.0500. The summed E-state index contributed by atoms with van der Waals surface area (Å²) in [5.74, 6) is 0.968. The maximum atomic E-state index is 12.9. The van der Waals surface area contributed by atoms with Crippen LogP contribution in [0.3, 0.4) is 0 Å². The number of hydrogen-bond donors (Lipinski definition) is 1. The first-order valence-electron chi connectivity index (χ1n) is 44.6. The molecular weight excluding hydrogens is 1750 g/mol. The molecule has 0 saturated carbocycles. The van der Waals surface area contributed by atoms with E-state index in [1.807, 2.05) is 60.7 Å². The number of phenolic OH excluding ortho intramolecular Hbond substituents is 1. The van der Waals surface area contributed by atoms with Crippen molar-refractivity contribution in [2.45, 2.75) is 144 Å². The Morgan fingerprint density at radius 1 is 0.417 bits per heavy atom. The Hall–Kier alpha value is -10.9. The molecule has 6 fully saturated rings. The lowest BCUT2D eigenvalue weighted by Gasteiger charge is -2.55. The minimum Gasteiger partial charge on any atom is -0.508 e. The molecule has 6 aliphatic heterocycles. The van der Waals surface area contributed by atoms with E-state index in [1.165, 1.54) is 81.9 Å². The Bertz CT molecular complexity index is 5970. The molecule has 0 unspecified atom stereocenters. The predicted molar refractivity (Wildman–Crippen MR) is 506 cm³/mol. The summed E-state index contributed by atoms with van der Waals surface area (Å²) in [4.78, 5) is 38.1. The second-order valence-electron chi connectivity index (χ2n) is 36.3. The second-order valence-corrected chi connectivity index (χ2v) is 41.7. The standard InChI is InChI=1S/C31H36N2O2.C30H33F3N2O3S.C29H34N2O.C8H8F3NO4S2.C7H6O/c1-23-19-32-22-29(25-13-8-5-9-14-25)33(20-24-11-6-4-7-12-24)21-28(32)18-31(23,2)27-16-10-15-26(17-27)30(34)35-3;1-22-18-34-21-28(24-12-7-4-8-13-24)35(19-23-10-5-3-6-11-23)20-26(34)17-29(22,2)25-14-9-15-27(16-25)38-39(36,37)30(31,32)33;1-22-18-30-21-28(24-12-7-4-8-13-24)31(19-23-10-5-3-6-11-23)20-26(30)17-29(22,2)25-14-9-15-27(32)16-25;1-17(13,14)12(7-5-3-2-4-6-7)18(15,16)8(9,10)11;8-6-7-4-2-1-3-5-7/h4-17,23,28-29H,18-22H2,1-3H3;3-16,22,26,28H,17-21H2,1-2H3;3-16,22,26,28,32H,17-21H2,1-2H3;2-6H,1H3;1-6H/t23-,28+,29+,31+;2*22-,26+,28+,29+;;/m000../s1. The molecule has 0 bridgehead atoms. The van der Waals surface area contributed by atoms with E-state index in [4.69, 9.17) is 4.74 Å². The third kappa shape index (κ3) is 23.7. The van der Waals surface area contributed by atoms with Crippen LogP contribution in [0.4, 0.5) is 32.0 Å². The van der Waals surface area contributed by atoms with Crippen molar-refractivity contribution in [2.75, 3.05) is 76.0 Å². The average Bonchev–Trinajstić information content (AvgIpc) is 0.748. The van der Waals surface area contributed by atoms with Crippen LogP contribution in [-0.4, -0.2) is 173 Å². The Morgan fingerprint density at radius 3 is 1.07 bits per heavy atom. The first-order valence-corrected chi connectivity index (χ1v) is 49.2. The molecule has 6 heterocycles. The van der Waals surface area contributed by atoms with Gasteiger partial charge in [-0.15, -0.1) is 0 Å². The zero-order chi connectivity index (χ0) is 94.4. The molecule has 6 aliphatic rings. The van der Waals surface area contributed by atoms with E-state index in [2.05, 4.69) is 263 Å². The van der Waals surface area contributed by atoms with Gasteiger partial charge in [-0.2, -0.15) is 46.9 Å². The maximum absolute atomic E-state index is 12.9. The highest BCUT2D eigenvalue weighted by atomic mass is 32.3. The van der Waals surface area contributed by atoms with Gasteiger partial charge in [-0.25, -0.2) is 13.2 Å². The van der Waals surface area contributed by atoms with E-state index in [0.29, 0.717) is 53.6 Å². The summed E-state index contributed by atoms with van der Waals surface area (Å²) in [5, 5.41) is 10.1. The second kappa shape index (κ2) is 42.6. The van der Waals surface area contributed by atoms with Crippen LogP contribution >= 0.6 is 0 Å². The molecule has 0 aromatic heterocycles. The molecule has 0 radical (unpaired) electrons. The van der Waals surface area contributed by atoms with Crippen LogP contribution in [0, 0.1) is 17.8 Å². The number of sulfonamides is 2. The molecular formula is C105H117F6N7O11S3. The van der Waals surface area contributed by atoms with Gasteiger partial charge in [0.2, 0.25) is 10.0 Å². The quantitative estimate of drug-likeness (QED) is 0.0263. The number of carbonyl (C=O) groups excluding carboxylic acids is 2. The van der Waals surface area contributed by atoms with Gasteiger partial charge in [-0.1, -0.05) is 308 Å². The fourth-order valence-electron chi connectivity index (χ4n) is 19.9. The first kappa shape index (κ1) is 98.6. The van der Waals surface area contributed by atoms with Crippen LogP contribution < -0.4 is 7.89 Å². The number of fused-ring (bicyclic) bond motifs is 3. The van der Waals surface area contributed by atoms with Gasteiger partial charge in [0.1, 0.15) is 17.8 Å². The lowest BCUT2D eigenvalue weighted by Crippen LogP contribution is -2.61. The molecule has 0 spiro atoms. The number of halogens is 6. The molecule has 132 heavy (non-hydrogen) atoms. The van der Waals surface area contributed by atoms with Crippen molar-refractivity contribution in [3.05, 3.63) is 377 Å². The largest absolute Gasteiger partial charge is 0.534 e. The third-order valence-electron chi connectivity index (χ3n) is 27.6. The van der Waals surface area contributed by atoms with Gasteiger partial charge < -0.3 is 14.0 Å². The van der Waals surface area contributed by atoms with Crippen molar-refractivity contribution in [3.8, 4) is 11.5 Å². The van der Waals surface area contributed by atoms with Crippen LogP contribution in [0.1, 0.15) is 150 Å².